The van der Waals surface area contributed by atoms with Crippen molar-refractivity contribution in [3.63, 3.8) is 0 Å². The number of rotatable bonds is 3. The highest BCUT2D eigenvalue weighted by molar-refractivity contribution is 5.98. The van der Waals surface area contributed by atoms with E-state index in [1.165, 1.54) is 0 Å². The van der Waals surface area contributed by atoms with Gasteiger partial charge >= 0.3 is 6.03 Å². The Bertz CT molecular complexity index is 528. The molecule has 0 heterocycles. The molecule has 0 radical (unpaired) electrons. The molecule has 0 aliphatic carbocycles. The summed E-state index contributed by atoms with van der Waals surface area (Å²) in [4.78, 5) is 23.0. The molecule has 0 spiro atoms. The highest BCUT2D eigenvalue weighted by Crippen LogP contribution is 2.24. The first-order valence-electron chi connectivity index (χ1n) is 5.88. The summed E-state index contributed by atoms with van der Waals surface area (Å²) in [6, 6.07) is 17.7. The van der Waals surface area contributed by atoms with Crippen LogP contribution in [0, 0.1) is 0 Å². The van der Waals surface area contributed by atoms with Crippen molar-refractivity contribution in [3.8, 4) is 0 Å². The first-order valence-corrected chi connectivity index (χ1v) is 5.88. The zero-order valence-electron chi connectivity index (χ0n) is 10.2. The number of imide groups is 1. The van der Waals surface area contributed by atoms with Crippen LogP contribution in [-0.2, 0) is 4.79 Å². The predicted molar refractivity (Wildman–Crippen MR) is 72.5 cm³/mol. The fourth-order valence-corrected chi connectivity index (χ4v) is 1.98. The maximum Gasteiger partial charge on any atom is 0.318 e. The number of carbonyl (C=O) groups is 2. The molecule has 0 aromatic heterocycles. The molecule has 0 aliphatic heterocycles. The third-order valence-electron chi connectivity index (χ3n) is 2.77. The summed E-state index contributed by atoms with van der Waals surface area (Å²) in [5.74, 6) is -0.972. The number of nitrogens with two attached hydrogens (primary N) is 1. The lowest BCUT2D eigenvalue weighted by Crippen LogP contribution is -2.38. The second kappa shape index (κ2) is 5.82. The van der Waals surface area contributed by atoms with Gasteiger partial charge in [-0.15, -0.1) is 0 Å². The van der Waals surface area contributed by atoms with Gasteiger partial charge in [0.05, 0.1) is 5.92 Å². The molecule has 96 valence electrons. The third kappa shape index (κ3) is 3.19. The van der Waals surface area contributed by atoms with Crippen molar-refractivity contribution in [2.24, 2.45) is 5.73 Å². The molecule has 4 nitrogen and oxygen atoms in total. The average Bonchev–Trinajstić information content (AvgIpc) is 2.40. The van der Waals surface area contributed by atoms with E-state index in [1.54, 1.807) is 0 Å². The van der Waals surface area contributed by atoms with Crippen LogP contribution in [0.3, 0.4) is 0 Å². The summed E-state index contributed by atoms with van der Waals surface area (Å²) in [6.07, 6.45) is 0. The molecule has 0 saturated carbocycles. The zero-order chi connectivity index (χ0) is 13.7. The molecule has 2 rings (SSSR count). The maximum atomic E-state index is 12.1. The highest BCUT2D eigenvalue weighted by Gasteiger charge is 2.23. The van der Waals surface area contributed by atoms with Crippen molar-refractivity contribution < 1.29 is 9.59 Å². The first kappa shape index (κ1) is 12.8. The summed E-state index contributed by atoms with van der Waals surface area (Å²) < 4.78 is 0. The molecule has 3 N–H and O–H groups in total. The van der Waals surface area contributed by atoms with Crippen LogP contribution in [0.4, 0.5) is 4.79 Å². The number of benzene rings is 2. The monoisotopic (exact) mass is 254 g/mol. The molecule has 19 heavy (non-hydrogen) atoms. The van der Waals surface area contributed by atoms with Gasteiger partial charge in [0.1, 0.15) is 0 Å². The van der Waals surface area contributed by atoms with Gasteiger partial charge in [0.15, 0.2) is 0 Å². The van der Waals surface area contributed by atoms with E-state index in [2.05, 4.69) is 5.32 Å². The van der Waals surface area contributed by atoms with E-state index in [0.29, 0.717) is 0 Å². The Morgan fingerprint density at radius 3 is 1.63 bits per heavy atom. The SMILES string of the molecule is NC(=O)NC(=O)C(c1ccccc1)c1ccccc1. The Morgan fingerprint density at radius 2 is 1.26 bits per heavy atom. The quantitative estimate of drug-likeness (QED) is 0.879. The van der Waals surface area contributed by atoms with Gasteiger partial charge in [0.2, 0.25) is 5.91 Å². The Balaban J connectivity index is 2.40. The van der Waals surface area contributed by atoms with E-state index in [1.807, 2.05) is 60.7 Å². The van der Waals surface area contributed by atoms with Crippen LogP contribution in [0.5, 0.6) is 0 Å². The lowest BCUT2D eigenvalue weighted by molar-refractivity contribution is -0.120. The summed E-state index contributed by atoms with van der Waals surface area (Å²) >= 11 is 0. The molecule has 0 unspecified atom stereocenters. The third-order valence-corrected chi connectivity index (χ3v) is 2.77. The number of hydrogen-bond donors (Lipinski definition) is 2. The lowest BCUT2D eigenvalue weighted by atomic mass is 9.90. The minimum Gasteiger partial charge on any atom is -0.351 e. The maximum absolute atomic E-state index is 12.1. The summed E-state index contributed by atoms with van der Waals surface area (Å²) in [5, 5.41) is 2.14. The van der Waals surface area contributed by atoms with Crippen LogP contribution in [-0.4, -0.2) is 11.9 Å². The minimum atomic E-state index is -0.845. The normalized spacial score (nSPS) is 10.2. The van der Waals surface area contributed by atoms with Crippen molar-refractivity contribution in [1.29, 1.82) is 0 Å². The van der Waals surface area contributed by atoms with Crippen molar-refractivity contribution in [2.45, 2.75) is 5.92 Å². The van der Waals surface area contributed by atoms with Crippen LogP contribution in [0.25, 0.3) is 0 Å². The zero-order valence-corrected chi connectivity index (χ0v) is 10.2. The number of amides is 3. The largest absolute Gasteiger partial charge is 0.351 e. The van der Waals surface area contributed by atoms with Gasteiger partial charge in [0.25, 0.3) is 0 Å². The fraction of sp³-hybridized carbons (Fsp3) is 0.0667. The molecule has 0 atom stereocenters. The molecular weight excluding hydrogens is 240 g/mol. The average molecular weight is 254 g/mol. The highest BCUT2D eigenvalue weighted by atomic mass is 16.2. The van der Waals surface area contributed by atoms with Gasteiger partial charge in [-0.3, -0.25) is 10.1 Å². The number of nitrogens with one attached hydrogen (secondary N) is 1. The van der Waals surface area contributed by atoms with Gasteiger partial charge < -0.3 is 5.73 Å². The molecule has 0 aliphatic rings. The summed E-state index contributed by atoms with van der Waals surface area (Å²) in [7, 11) is 0. The molecule has 2 aromatic carbocycles. The number of urea groups is 1. The van der Waals surface area contributed by atoms with E-state index in [9.17, 15) is 9.59 Å². The minimum absolute atomic E-state index is 0.426. The first-order chi connectivity index (χ1) is 9.18. The molecular formula is C15H14N2O2. The van der Waals surface area contributed by atoms with Gasteiger partial charge in [-0.2, -0.15) is 0 Å². The molecule has 0 bridgehead atoms. The smallest absolute Gasteiger partial charge is 0.318 e. The van der Waals surface area contributed by atoms with Crippen molar-refractivity contribution in [1.82, 2.24) is 5.32 Å². The van der Waals surface area contributed by atoms with Crippen LogP contribution in [0.15, 0.2) is 60.7 Å². The molecule has 2 aromatic rings. The Hall–Kier alpha value is -2.62. The molecule has 0 saturated heterocycles. The topological polar surface area (TPSA) is 72.2 Å². The van der Waals surface area contributed by atoms with E-state index < -0.39 is 17.9 Å². The van der Waals surface area contributed by atoms with E-state index >= 15 is 0 Å². The number of carbonyl (C=O) groups excluding carboxylic acids is 2. The predicted octanol–water partition coefficient (Wildman–Crippen LogP) is 2.01. The summed E-state index contributed by atoms with van der Waals surface area (Å²) in [6.45, 7) is 0. The number of hydrogen-bond acceptors (Lipinski definition) is 2. The van der Waals surface area contributed by atoms with E-state index in [-0.39, 0.29) is 0 Å². The Morgan fingerprint density at radius 1 is 0.842 bits per heavy atom. The van der Waals surface area contributed by atoms with Gasteiger partial charge in [-0.1, -0.05) is 60.7 Å². The van der Waals surface area contributed by atoms with Gasteiger partial charge in [-0.05, 0) is 11.1 Å². The number of primary amides is 1. The Kier molecular flexibility index (Phi) is 3.93. The van der Waals surface area contributed by atoms with Gasteiger partial charge in [0, 0.05) is 0 Å². The van der Waals surface area contributed by atoms with Crippen molar-refractivity contribution in [2.75, 3.05) is 0 Å². The molecule has 3 amide bonds. The second-order valence-electron chi connectivity index (χ2n) is 4.11. The summed E-state index contributed by atoms with van der Waals surface area (Å²) in [5.41, 5.74) is 6.64. The van der Waals surface area contributed by atoms with Crippen molar-refractivity contribution >= 4 is 11.9 Å². The molecule has 4 heteroatoms. The van der Waals surface area contributed by atoms with Crippen molar-refractivity contribution in [3.05, 3.63) is 71.8 Å². The van der Waals surface area contributed by atoms with E-state index in [4.69, 9.17) is 5.73 Å². The van der Waals surface area contributed by atoms with Crippen LogP contribution < -0.4 is 11.1 Å². The van der Waals surface area contributed by atoms with Crippen LogP contribution in [0.1, 0.15) is 17.0 Å². The fourth-order valence-electron chi connectivity index (χ4n) is 1.98. The molecule has 0 fully saturated rings. The van der Waals surface area contributed by atoms with Crippen LogP contribution in [0.2, 0.25) is 0 Å². The standard InChI is InChI=1S/C15H14N2O2/c16-15(19)17-14(18)13(11-7-3-1-4-8-11)12-9-5-2-6-10-12/h1-10,13H,(H3,16,17,18,19). The van der Waals surface area contributed by atoms with Gasteiger partial charge in [-0.25, -0.2) is 4.79 Å². The van der Waals surface area contributed by atoms with E-state index in [0.717, 1.165) is 11.1 Å². The Labute approximate surface area is 111 Å². The lowest BCUT2D eigenvalue weighted by Gasteiger charge is -2.16. The van der Waals surface area contributed by atoms with Crippen LogP contribution >= 0.6 is 0 Å². The second-order valence-corrected chi connectivity index (χ2v) is 4.11.